The molecule has 2 aromatic carbocycles. The van der Waals surface area contributed by atoms with Crippen LogP contribution in [0.15, 0.2) is 42.5 Å². The molecule has 1 fully saturated rings. The summed E-state index contributed by atoms with van der Waals surface area (Å²) in [5.74, 6) is -1.48. The van der Waals surface area contributed by atoms with Crippen LogP contribution in [0, 0.1) is 15.9 Å². The number of nitrogens with zero attached hydrogens (tertiary/aromatic N) is 2. The Balaban J connectivity index is 1.86. The van der Waals surface area contributed by atoms with Gasteiger partial charge < -0.3 is 5.32 Å². The SMILES string of the molecule is O=C(Nc1cc([N+](=O)[O-])ccc1F)c1cccc(N2CCCS2(=O)=O)c1. The number of sulfonamides is 1. The second kappa shape index (κ2) is 6.71. The van der Waals surface area contributed by atoms with Crippen molar-refractivity contribution in [1.29, 1.82) is 0 Å². The summed E-state index contributed by atoms with van der Waals surface area (Å²) in [5.41, 5.74) is -0.243. The maximum absolute atomic E-state index is 13.8. The number of non-ortho nitro benzene ring substituents is 1. The van der Waals surface area contributed by atoms with E-state index in [-0.39, 0.29) is 22.7 Å². The number of nitro benzene ring substituents is 1. The molecule has 0 atom stereocenters. The van der Waals surface area contributed by atoms with Gasteiger partial charge in [-0.25, -0.2) is 12.8 Å². The van der Waals surface area contributed by atoms with Gasteiger partial charge in [0.15, 0.2) is 0 Å². The largest absolute Gasteiger partial charge is 0.319 e. The lowest BCUT2D eigenvalue weighted by Crippen LogP contribution is -2.25. The number of carbonyl (C=O) groups is 1. The molecule has 0 radical (unpaired) electrons. The number of hydrogen-bond donors (Lipinski definition) is 1. The molecule has 3 rings (SSSR count). The zero-order valence-electron chi connectivity index (χ0n) is 13.4. The maximum Gasteiger partial charge on any atom is 0.271 e. The fourth-order valence-electron chi connectivity index (χ4n) is 2.65. The van der Waals surface area contributed by atoms with Gasteiger partial charge in [-0.1, -0.05) is 6.07 Å². The molecule has 0 unspecified atom stereocenters. The second-order valence-corrected chi connectivity index (χ2v) is 7.68. The van der Waals surface area contributed by atoms with E-state index in [1.165, 1.54) is 22.5 Å². The highest BCUT2D eigenvalue weighted by molar-refractivity contribution is 7.93. The number of hydrogen-bond acceptors (Lipinski definition) is 5. The summed E-state index contributed by atoms with van der Waals surface area (Å²) < 4.78 is 39.0. The molecule has 0 aliphatic carbocycles. The van der Waals surface area contributed by atoms with Crippen molar-refractivity contribution in [2.45, 2.75) is 6.42 Å². The van der Waals surface area contributed by atoms with Gasteiger partial charge in [0.25, 0.3) is 11.6 Å². The van der Waals surface area contributed by atoms with Crippen LogP contribution >= 0.6 is 0 Å². The highest BCUT2D eigenvalue weighted by atomic mass is 32.2. The predicted molar refractivity (Wildman–Crippen MR) is 93.2 cm³/mol. The first-order chi connectivity index (χ1) is 12.3. The van der Waals surface area contributed by atoms with E-state index >= 15 is 0 Å². The molecule has 1 aliphatic heterocycles. The number of anilines is 2. The smallest absolute Gasteiger partial charge is 0.271 e. The van der Waals surface area contributed by atoms with Crippen LogP contribution in [-0.2, 0) is 10.0 Å². The monoisotopic (exact) mass is 379 g/mol. The molecular weight excluding hydrogens is 365 g/mol. The highest BCUT2D eigenvalue weighted by Crippen LogP contribution is 2.26. The number of nitrogens with one attached hydrogen (secondary N) is 1. The van der Waals surface area contributed by atoms with E-state index in [1.54, 1.807) is 6.07 Å². The summed E-state index contributed by atoms with van der Waals surface area (Å²) in [6, 6.07) is 8.70. The van der Waals surface area contributed by atoms with Gasteiger partial charge in [-0.15, -0.1) is 0 Å². The molecule has 0 spiro atoms. The molecule has 0 bridgehead atoms. The van der Waals surface area contributed by atoms with E-state index in [0.717, 1.165) is 18.2 Å². The minimum absolute atomic E-state index is 0.0440. The minimum atomic E-state index is -3.40. The molecule has 0 saturated carbocycles. The Bertz CT molecular complexity index is 993. The lowest BCUT2D eigenvalue weighted by molar-refractivity contribution is -0.384. The molecule has 0 aromatic heterocycles. The van der Waals surface area contributed by atoms with E-state index in [1.807, 2.05) is 0 Å². The van der Waals surface area contributed by atoms with Crippen LogP contribution in [0.3, 0.4) is 0 Å². The molecule has 10 heteroatoms. The molecule has 136 valence electrons. The number of halogens is 1. The van der Waals surface area contributed by atoms with Gasteiger partial charge in [-0.05, 0) is 30.7 Å². The number of benzene rings is 2. The van der Waals surface area contributed by atoms with Crippen LogP contribution in [0.1, 0.15) is 16.8 Å². The Morgan fingerprint density at radius 3 is 2.65 bits per heavy atom. The summed E-state index contributed by atoms with van der Waals surface area (Å²) in [5, 5.41) is 13.1. The third-order valence-electron chi connectivity index (χ3n) is 3.90. The first-order valence-electron chi connectivity index (χ1n) is 7.64. The van der Waals surface area contributed by atoms with Crippen LogP contribution in [0.2, 0.25) is 0 Å². The summed E-state index contributed by atoms with van der Waals surface area (Å²) in [6.07, 6.45) is 0.498. The standard InChI is InChI=1S/C16H14FN3O5S/c17-14-6-5-13(20(22)23)10-15(14)18-16(21)11-3-1-4-12(9-11)19-7-2-8-26(19,24)25/h1,3-6,9-10H,2,7-8H2,(H,18,21). The average molecular weight is 379 g/mol. The molecule has 8 nitrogen and oxygen atoms in total. The highest BCUT2D eigenvalue weighted by Gasteiger charge is 2.28. The van der Waals surface area contributed by atoms with Crippen molar-refractivity contribution in [2.24, 2.45) is 0 Å². The van der Waals surface area contributed by atoms with Gasteiger partial charge in [-0.3, -0.25) is 19.2 Å². The van der Waals surface area contributed by atoms with Crippen LogP contribution in [0.4, 0.5) is 21.5 Å². The first-order valence-corrected chi connectivity index (χ1v) is 9.24. The van der Waals surface area contributed by atoms with Gasteiger partial charge >= 0.3 is 0 Å². The average Bonchev–Trinajstić information content (AvgIpc) is 2.96. The Labute approximate surface area is 148 Å². The topological polar surface area (TPSA) is 110 Å². The van der Waals surface area contributed by atoms with Crippen molar-refractivity contribution in [3.8, 4) is 0 Å². The number of amides is 1. The van der Waals surface area contributed by atoms with Gasteiger partial charge in [0.05, 0.1) is 22.1 Å². The zero-order valence-corrected chi connectivity index (χ0v) is 14.2. The summed E-state index contributed by atoms with van der Waals surface area (Å²) in [7, 11) is -3.40. The van der Waals surface area contributed by atoms with Gasteiger partial charge in [0.1, 0.15) is 5.82 Å². The van der Waals surface area contributed by atoms with E-state index < -0.39 is 26.7 Å². The zero-order chi connectivity index (χ0) is 18.9. The van der Waals surface area contributed by atoms with E-state index in [2.05, 4.69) is 5.32 Å². The molecule has 1 saturated heterocycles. The van der Waals surface area contributed by atoms with Crippen LogP contribution in [0.5, 0.6) is 0 Å². The Morgan fingerprint density at radius 1 is 1.23 bits per heavy atom. The normalized spacial score (nSPS) is 15.7. The third kappa shape index (κ3) is 3.49. The van der Waals surface area contributed by atoms with Gasteiger partial charge in [-0.2, -0.15) is 0 Å². The summed E-state index contributed by atoms with van der Waals surface area (Å²) in [6.45, 7) is 0.326. The molecule has 1 N–H and O–H groups in total. The van der Waals surface area contributed by atoms with Crippen molar-refractivity contribution >= 4 is 33.0 Å². The maximum atomic E-state index is 13.8. The lowest BCUT2D eigenvalue weighted by atomic mass is 10.1. The third-order valence-corrected chi connectivity index (χ3v) is 5.77. The van der Waals surface area contributed by atoms with Crippen molar-refractivity contribution < 1.29 is 22.5 Å². The summed E-state index contributed by atoms with van der Waals surface area (Å²) in [4.78, 5) is 22.4. The molecule has 26 heavy (non-hydrogen) atoms. The number of carbonyl (C=O) groups excluding carboxylic acids is 1. The van der Waals surface area contributed by atoms with Crippen molar-refractivity contribution in [3.63, 3.8) is 0 Å². The minimum Gasteiger partial charge on any atom is -0.319 e. The Kier molecular flexibility index (Phi) is 4.60. The molecule has 2 aromatic rings. The predicted octanol–water partition coefficient (Wildman–Crippen LogP) is 2.53. The second-order valence-electron chi connectivity index (χ2n) is 5.67. The number of rotatable bonds is 4. The lowest BCUT2D eigenvalue weighted by Gasteiger charge is -2.17. The van der Waals surface area contributed by atoms with Crippen molar-refractivity contribution in [1.82, 2.24) is 0 Å². The van der Waals surface area contributed by atoms with Crippen LogP contribution < -0.4 is 9.62 Å². The fourth-order valence-corrected chi connectivity index (χ4v) is 4.21. The van der Waals surface area contributed by atoms with Gasteiger partial charge in [0.2, 0.25) is 10.0 Å². The molecular formula is C16H14FN3O5S. The summed E-state index contributed by atoms with van der Waals surface area (Å²) >= 11 is 0. The molecule has 1 amide bonds. The van der Waals surface area contributed by atoms with E-state index in [0.29, 0.717) is 18.7 Å². The van der Waals surface area contributed by atoms with E-state index in [4.69, 9.17) is 0 Å². The van der Waals surface area contributed by atoms with Crippen molar-refractivity contribution in [3.05, 3.63) is 64.0 Å². The van der Waals surface area contributed by atoms with Crippen LogP contribution in [-0.4, -0.2) is 31.5 Å². The Hall–Kier alpha value is -3.01. The van der Waals surface area contributed by atoms with Gasteiger partial charge in [0, 0.05) is 24.2 Å². The number of nitro groups is 1. The molecule has 1 aliphatic rings. The quantitative estimate of drug-likeness (QED) is 0.648. The fraction of sp³-hybridized carbons (Fsp3) is 0.188. The van der Waals surface area contributed by atoms with Crippen LogP contribution in [0.25, 0.3) is 0 Å². The molecule has 1 heterocycles. The first kappa shape index (κ1) is 17.8. The Morgan fingerprint density at radius 2 is 2.00 bits per heavy atom. The van der Waals surface area contributed by atoms with E-state index in [9.17, 15) is 27.7 Å². The van der Waals surface area contributed by atoms with Crippen molar-refractivity contribution in [2.75, 3.05) is 21.9 Å².